The van der Waals surface area contributed by atoms with Crippen LogP contribution in [0.1, 0.15) is 114 Å². The Balaban J connectivity index is 0.000000132. The first kappa shape index (κ1) is 65.5. The molecule has 0 heterocycles. The fraction of sp³-hybridized carbons (Fsp3) is 0.196. The number of fused-ring (bicyclic) bond motifs is 6. The van der Waals surface area contributed by atoms with E-state index in [0.717, 1.165) is 0 Å². The molecule has 15 aromatic carbocycles. The molecule has 480 valence electrons. The normalized spacial score (nSPS) is 11.8. The molecule has 15 rings (SSSR count). The monoisotopic (exact) mass is 1260 g/mol. The Labute approximate surface area is 577 Å². The van der Waals surface area contributed by atoms with Gasteiger partial charge >= 0.3 is 0 Å². The van der Waals surface area contributed by atoms with Crippen molar-refractivity contribution in [2.45, 2.75) is 129 Å². The van der Waals surface area contributed by atoms with Gasteiger partial charge in [-0.3, -0.25) is 0 Å². The fourth-order valence-corrected chi connectivity index (χ4v) is 15.5. The quantitative estimate of drug-likeness (QED) is 0.146. The number of hydrogen-bond acceptors (Lipinski definition) is 0. The molecule has 97 heavy (non-hydrogen) atoms. The van der Waals surface area contributed by atoms with Gasteiger partial charge in [0.05, 0.1) is 0 Å². The molecule has 0 unspecified atom stereocenters. The number of aryl methyl sites for hydroxylation is 11. The van der Waals surface area contributed by atoms with Crippen molar-refractivity contribution in [1.82, 2.24) is 0 Å². The van der Waals surface area contributed by atoms with Crippen molar-refractivity contribution >= 4 is 64.6 Å². The lowest BCUT2D eigenvalue weighted by Crippen LogP contribution is -2.10. The topological polar surface area (TPSA) is 0 Å². The Kier molecular flexibility index (Phi) is 17.6. The van der Waals surface area contributed by atoms with Crippen LogP contribution in [0, 0.1) is 76.2 Å². The predicted molar refractivity (Wildman–Crippen MR) is 426 cm³/mol. The van der Waals surface area contributed by atoms with Gasteiger partial charge in [-0.2, -0.15) is 0 Å². The molecular weight excluding hydrogens is 1170 g/mol. The van der Waals surface area contributed by atoms with E-state index in [1.54, 1.807) is 0 Å². The van der Waals surface area contributed by atoms with Crippen LogP contribution in [0.2, 0.25) is 0 Å². The maximum absolute atomic E-state index is 2.39. The molecular formula is C97H92. The number of benzene rings is 15. The van der Waals surface area contributed by atoms with Gasteiger partial charge in [-0.1, -0.05) is 329 Å². The average molecular weight is 1260 g/mol. The molecule has 0 aliphatic heterocycles. The zero-order valence-corrected chi connectivity index (χ0v) is 60.2. The zero-order valence-electron chi connectivity index (χ0n) is 60.2. The van der Waals surface area contributed by atoms with E-state index in [4.69, 9.17) is 0 Å². The van der Waals surface area contributed by atoms with E-state index in [-0.39, 0.29) is 10.8 Å². The second kappa shape index (κ2) is 26.1. The van der Waals surface area contributed by atoms with Crippen LogP contribution in [0.15, 0.2) is 249 Å². The first-order chi connectivity index (χ1) is 46.4. The summed E-state index contributed by atoms with van der Waals surface area (Å²) in [5.41, 5.74) is 33.3. The van der Waals surface area contributed by atoms with Crippen LogP contribution in [-0.4, -0.2) is 0 Å². The van der Waals surface area contributed by atoms with Crippen LogP contribution in [0.3, 0.4) is 0 Å². The summed E-state index contributed by atoms with van der Waals surface area (Å²) in [6, 6.07) is 93.1. The Morgan fingerprint density at radius 1 is 0.165 bits per heavy atom. The summed E-state index contributed by atoms with van der Waals surface area (Å²) in [5.74, 6) is 0. The molecule has 0 nitrogen and oxygen atoms in total. The molecule has 15 aromatic rings. The van der Waals surface area contributed by atoms with Gasteiger partial charge in [0.15, 0.2) is 0 Å². The lowest BCUT2D eigenvalue weighted by atomic mass is 9.81. The van der Waals surface area contributed by atoms with Crippen molar-refractivity contribution < 1.29 is 0 Å². The van der Waals surface area contributed by atoms with E-state index < -0.39 is 0 Å². The third-order valence-corrected chi connectivity index (χ3v) is 20.2. The van der Waals surface area contributed by atoms with Gasteiger partial charge in [0, 0.05) is 0 Å². The summed E-state index contributed by atoms with van der Waals surface area (Å²) >= 11 is 0. The van der Waals surface area contributed by atoms with E-state index in [1.807, 2.05) is 0 Å². The zero-order chi connectivity index (χ0) is 68.4. The SMILES string of the molecule is Cc1cc(C)c(-c2c3ccccc3c(-c3c(C)cc(C)cc3C)c3cc(C)ccc23)c(C)c1.Cc1ccc(-c2c3ccccc3c(-c3ccc(C)cc3)c3cc(C)ccc23)cc1.Cc1ccc2c(-c3ccc(C(C)(C)C)cc3)c3ccccc3c(-c3ccc(C(C)(C)C)cc3)c2c1. The second-order valence-corrected chi connectivity index (χ2v) is 30.0. The summed E-state index contributed by atoms with van der Waals surface area (Å²) in [6.07, 6.45) is 0. The van der Waals surface area contributed by atoms with E-state index in [2.05, 4.69) is 366 Å². The van der Waals surface area contributed by atoms with Gasteiger partial charge in [0.1, 0.15) is 0 Å². The molecule has 0 aliphatic rings. The minimum atomic E-state index is 0.141. The summed E-state index contributed by atoms with van der Waals surface area (Å²) < 4.78 is 0. The molecule has 0 aromatic heterocycles. The first-order valence-corrected chi connectivity index (χ1v) is 34.8. The average Bonchev–Trinajstić information content (AvgIpc) is 0.740. The smallest absolute Gasteiger partial charge is 0.00209 e. The van der Waals surface area contributed by atoms with Gasteiger partial charge in [0.2, 0.25) is 0 Å². The summed E-state index contributed by atoms with van der Waals surface area (Å²) in [5, 5.41) is 15.9. The Morgan fingerprint density at radius 2 is 0.371 bits per heavy atom. The minimum Gasteiger partial charge on any atom is -0.0616 e. The van der Waals surface area contributed by atoms with Crippen molar-refractivity contribution in [3.8, 4) is 66.8 Å². The highest BCUT2D eigenvalue weighted by molar-refractivity contribution is 6.24. The van der Waals surface area contributed by atoms with E-state index in [0.29, 0.717) is 0 Å². The lowest BCUT2D eigenvalue weighted by molar-refractivity contribution is 0.590. The summed E-state index contributed by atoms with van der Waals surface area (Å²) in [7, 11) is 0. The molecule has 0 saturated carbocycles. The van der Waals surface area contributed by atoms with Crippen LogP contribution < -0.4 is 0 Å². The van der Waals surface area contributed by atoms with Crippen LogP contribution in [-0.2, 0) is 10.8 Å². The summed E-state index contributed by atoms with van der Waals surface area (Å²) in [6.45, 7) is 37.9. The standard InChI is InChI=1S/C35H36.C33H32.C29H24/c1-23-12-21-30-31(22-23)33(25-15-19-27(20-16-25)35(5,6)7)29-11-9-8-10-28(29)32(30)24-13-17-26(18-14-24)34(2,3)4;1-19-12-13-28-29(18-19)33(31-24(6)16-21(3)17-25(31)7)27-11-9-8-10-26(27)32(28)30-22(4)14-20(2)15-23(30)5;1-19-8-13-22(14-9-19)28-24-6-4-5-7-25(24)29(23-15-10-20(2)11-16-23)27-18-21(3)12-17-26(27)28/h8-22H,1-7H3;8-18H,1-7H3;4-18H,1-3H3. The van der Waals surface area contributed by atoms with Crippen molar-refractivity contribution in [1.29, 1.82) is 0 Å². The highest BCUT2D eigenvalue weighted by Gasteiger charge is 2.24. The third kappa shape index (κ3) is 12.7. The van der Waals surface area contributed by atoms with Gasteiger partial charge in [0.25, 0.3) is 0 Å². The lowest BCUT2D eigenvalue weighted by Gasteiger charge is -2.22. The second-order valence-electron chi connectivity index (χ2n) is 30.0. The molecule has 0 N–H and O–H groups in total. The molecule has 0 amide bonds. The maximum Gasteiger partial charge on any atom is -0.00209 e. The predicted octanol–water partition coefficient (Wildman–Crippen LogP) is 28.0. The van der Waals surface area contributed by atoms with Crippen molar-refractivity contribution in [2.24, 2.45) is 0 Å². The molecule has 0 heteroatoms. The van der Waals surface area contributed by atoms with Gasteiger partial charge in [-0.25, -0.2) is 0 Å². The molecule has 0 radical (unpaired) electrons. The first-order valence-electron chi connectivity index (χ1n) is 34.8. The Morgan fingerprint density at radius 3 is 0.649 bits per heavy atom. The van der Waals surface area contributed by atoms with E-state index in [1.165, 1.54) is 204 Å². The van der Waals surface area contributed by atoms with Gasteiger partial charge < -0.3 is 0 Å². The Hall–Kier alpha value is -10.1. The number of hydrogen-bond donors (Lipinski definition) is 0. The van der Waals surface area contributed by atoms with Crippen LogP contribution in [0.4, 0.5) is 0 Å². The minimum absolute atomic E-state index is 0.141. The van der Waals surface area contributed by atoms with Crippen molar-refractivity contribution in [3.63, 3.8) is 0 Å². The Bertz CT molecular complexity index is 5470. The molecule has 0 fully saturated rings. The summed E-state index contributed by atoms with van der Waals surface area (Å²) in [4.78, 5) is 0. The largest absolute Gasteiger partial charge is 0.0616 e. The van der Waals surface area contributed by atoms with Crippen LogP contribution >= 0.6 is 0 Å². The fourth-order valence-electron chi connectivity index (χ4n) is 15.5. The molecule has 0 atom stereocenters. The highest BCUT2D eigenvalue weighted by Crippen LogP contribution is 2.50. The maximum atomic E-state index is 2.39. The highest BCUT2D eigenvalue weighted by atomic mass is 14.3. The van der Waals surface area contributed by atoms with E-state index in [9.17, 15) is 0 Å². The molecule has 0 aliphatic carbocycles. The van der Waals surface area contributed by atoms with Gasteiger partial charge in [-0.15, -0.1) is 0 Å². The van der Waals surface area contributed by atoms with Crippen molar-refractivity contribution in [3.05, 3.63) is 321 Å². The van der Waals surface area contributed by atoms with Crippen LogP contribution in [0.25, 0.3) is 131 Å². The molecule has 0 spiro atoms. The number of rotatable bonds is 6. The van der Waals surface area contributed by atoms with Crippen LogP contribution in [0.5, 0.6) is 0 Å². The van der Waals surface area contributed by atoms with E-state index >= 15 is 0 Å². The van der Waals surface area contributed by atoms with Gasteiger partial charge in [-0.05, 0) is 252 Å². The molecule has 0 bridgehead atoms. The third-order valence-electron chi connectivity index (χ3n) is 20.2. The van der Waals surface area contributed by atoms with Crippen molar-refractivity contribution in [2.75, 3.05) is 0 Å². The molecule has 0 saturated heterocycles.